The van der Waals surface area contributed by atoms with Gasteiger partial charge < -0.3 is 14.1 Å². The molecule has 0 spiro atoms. The van der Waals surface area contributed by atoms with E-state index in [0.717, 1.165) is 41.4 Å². The number of fused-ring (bicyclic) bond motifs is 1. The molecule has 0 radical (unpaired) electrons. The summed E-state index contributed by atoms with van der Waals surface area (Å²) in [6.07, 6.45) is 0. The Morgan fingerprint density at radius 3 is 2.50 bits per heavy atom. The van der Waals surface area contributed by atoms with Crippen molar-refractivity contribution in [2.24, 2.45) is 0 Å². The predicted molar refractivity (Wildman–Crippen MR) is 126 cm³/mol. The van der Waals surface area contributed by atoms with Gasteiger partial charge in [0.25, 0.3) is 5.91 Å². The third-order valence-corrected chi connectivity index (χ3v) is 6.00. The number of nitrogens with zero attached hydrogens (tertiary/aromatic N) is 3. The van der Waals surface area contributed by atoms with Gasteiger partial charge in [0.1, 0.15) is 22.8 Å². The number of anilines is 1. The Morgan fingerprint density at radius 1 is 1.17 bits per heavy atom. The molecule has 0 N–H and O–H groups in total. The first-order valence-corrected chi connectivity index (χ1v) is 10.9. The van der Waals surface area contributed by atoms with E-state index in [9.17, 15) is 4.79 Å². The Kier molecular flexibility index (Phi) is 8.70. The molecule has 3 aromatic rings. The van der Waals surface area contributed by atoms with Crippen LogP contribution in [0, 0.1) is 13.8 Å². The van der Waals surface area contributed by atoms with E-state index in [1.165, 1.54) is 11.3 Å². The van der Waals surface area contributed by atoms with E-state index < -0.39 is 0 Å². The summed E-state index contributed by atoms with van der Waals surface area (Å²) in [4.78, 5) is 22.3. The topological polar surface area (TPSA) is 58.8 Å². The van der Waals surface area contributed by atoms with Crippen LogP contribution in [0.1, 0.15) is 42.6 Å². The first kappa shape index (κ1) is 24.2. The molecule has 0 unspecified atom stereocenters. The summed E-state index contributed by atoms with van der Waals surface area (Å²) in [6.45, 7) is 13.7. The van der Waals surface area contributed by atoms with E-state index in [1.54, 1.807) is 11.0 Å². The fraction of sp³-hybridized carbons (Fsp3) is 0.455. The second-order valence-electron chi connectivity index (χ2n) is 6.84. The number of para-hydroxylation sites is 1. The Labute approximate surface area is 188 Å². The molecule has 0 aliphatic heterocycles. The molecule has 0 aliphatic carbocycles. The number of rotatable bonds is 9. The van der Waals surface area contributed by atoms with Crippen LogP contribution in [0.5, 0.6) is 5.75 Å². The van der Waals surface area contributed by atoms with E-state index in [4.69, 9.17) is 14.1 Å². The number of hydrogen-bond acceptors (Lipinski definition) is 6. The van der Waals surface area contributed by atoms with Crippen molar-refractivity contribution in [2.45, 2.75) is 34.6 Å². The van der Waals surface area contributed by atoms with Gasteiger partial charge in [-0.25, -0.2) is 4.98 Å². The molecule has 1 amide bonds. The predicted octanol–water partition coefficient (Wildman–Crippen LogP) is 5.32. The number of benzene rings is 1. The maximum atomic E-state index is 13.4. The van der Waals surface area contributed by atoms with Crippen molar-refractivity contribution in [1.82, 2.24) is 9.88 Å². The highest BCUT2D eigenvalue weighted by atomic mass is 35.5. The molecule has 0 atom stereocenters. The van der Waals surface area contributed by atoms with Crippen molar-refractivity contribution in [3.8, 4) is 5.75 Å². The molecule has 30 heavy (non-hydrogen) atoms. The van der Waals surface area contributed by atoms with E-state index in [0.29, 0.717) is 29.6 Å². The summed E-state index contributed by atoms with van der Waals surface area (Å²) in [5.74, 6) is 2.04. The first-order valence-electron chi connectivity index (χ1n) is 10.1. The number of ether oxygens (including phenoxy) is 1. The molecular formula is C22H30ClN3O3S. The average Bonchev–Trinajstić information content (AvgIpc) is 3.28. The fourth-order valence-corrected chi connectivity index (χ4v) is 4.36. The standard InChI is InChI=1S/C22H29N3O3S.ClH/c1-6-24(7-2)12-13-25(21(26)17-14-15(4)28-16(17)5)22-23-20-18(27-8-3)10-9-11-19(20)29-22;/h9-11,14H,6-8,12-13H2,1-5H3;1H. The van der Waals surface area contributed by atoms with Crippen molar-refractivity contribution >= 4 is 45.0 Å². The van der Waals surface area contributed by atoms with Crippen molar-refractivity contribution in [3.05, 3.63) is 41.3 Å². The lowest BCUT2D eigenvalue weighted by Crippen LogP contribution is -2.39. The van der Waals surface area contributed by atoms with Crippen molar-refractivity contribution in [1.29, 1.82) is 0 Å². The first-order chi connectivity index (χ1) is 14.0. The summed E-state index contributed by atoms with van der Waals surface area (Å²) < 4.78 is 12.3. The summed E-state index contributed by atoms with van der Waals surface area (Å²) >= 11 is 1.51. The molecule has 3 rings (SSSR count). The molecule has 0 bridgehead atoms. The zero-order valence-corrected chi connectivity index (χ0v) is 19.9. The summed E-state index contributed by atoms with van der Waals surface area (Å²) in [5.41, 5.74) is 1.39. The van der Waals surface area contributed by atoms with Crippen LogP contribution in [0.2, 0.25) is 0 Å². The second-order valence-corrected chi connectivity index (χ2v) is 7.85. The molecule has 2 heterocycles. The maximum absolute atomic E-state index is 13.4. The molecule has 2 aromatic heterocycles. The zero-order chi connectivity index (χ0) is 21.0. The van der Waals surface area contributed by atoms with Gasteiger partial charge in [0, 0.05) is 13.1 Å². The Balaban J connectivity index is 0.00000320. The fourth-order valence-electron chi connectivity index (χ4n) is 3.35. The van der Waals surface area contributed by atoms with Gasteiger partial charge >= 0.3 is 0 Å². The molecule has 164 valence electrons. The number of hydrogen-bond donors (Lipinski definition) is 0. The minimum absolute atomic E-state index is 0. The van der Waals surface area contributed by atoms with Gasteiger partial charge in [0.15, 0.2) is 5.13 Å². The highest BCUT2D eigenvalue weighted by Gasteiger charge is 2.25. The van der Waals surface area contributed by atoms with Gasteiger partial charge in [-0.05, 0) is 52.1 Å². The zero-order valence-electron chi connectivity index (χ0n) is 18.2. The third kappa shape index (κ3) is 5.14. The smallest absolute Gasteiger partial charge is 0.263 e. The molecule has 6 nitrogen and oxygen atoms in total. The van der Waals surface area contributed by atoms with Crippen molar-refractivity contribution in [2.75, 3.05) is 37.7 Å². The molecule has 0 saturated carbocycles. The van der Waals surface area contributed by atoms with Crippen LogP contribution in [-0.4, -0.2) is 48.6 Å². The number of aryl methyl sites for hydroxylation is 2. The number of carbonyl (C=O) groups is 1. The van der Waals surface area contributed by atoms with Gasteiger partial charge in [0.05, 0.1) is 16.9 Å². The highest BCUT2D eigenvalue weighted by molar-refractivity contribution is 7.22. The van der Waals surface area contributed by atoms with Crippen molar-refractivity contribution in [3.63, 3.8) is 0 Å². The molecule has 1 aromatic carbocycles. The van der Waals surface area contributed by atoms with E-state index in [2.05, 4.69) is 18.7 Å². The van der Waals surface area contributed by atoms with Crippen LogP contribution < -0.4 is 9.64 Å². The summed E-state index contributed by atoms with van der Waals surface area (Å²) in [7, 11) is 0. The minimum atomic E-state index is -0.0801. The molecule has 0 aliphatic rings. The molecular weight excluding hydrogens is 422 g/mol. The lowest BCUT2D eigenvalue weighted by molar-refractivity contribution is 0.0982. The number of amides is 1. The molecule has 8 heteroatoms. The molecule has 0 saturated heterocycles. The number of likely N-dealkylation sites (N-methyl/N-ethyl adjacent to an activating group) is 1. The van der Waals surface area contributed by atoms with Crippen LogP contribution in [-0.2, 0) is 0 Å². The highest BCUT2D eigenvalue weighted by Crippen LogP contribution is 2.35. The van der Waals surface area contributed by atoms with Gasteiger partial charge in [-0.3, -0.25) is 9.69 Å². The van der Waals surface area contributed by atoms with Gasteiger partial charge in [0.2, 0.25) is 0 Å². The van der Waals surface area contributed by atoms with Crippen LogP contribution in [0.15, 0.2) is 28.7 Å². The SMILES string of the molecule is CCOc1cccc2sc(N(CCN(CC)CC)C(=O)c3cc(C)oc3C)nc12.Cl. The summed E-state index contributed by atoms with van der Waals surface area (Å²) in [6, 6.07) is 7.70. The quantitative estimate of drug-likeness (QED) is 0.441. The normalized spacial score (nSPS) is 11.0. The maximum Gasteiger partial charge on any atom is 0.263 e. The van der Waals surface area contributed by atoms with Crippen LogP contribution in [0.25, 0.3) is 10.2 Å². The van der Waals surface area contributed by atoms with Crippen molar-refractivity contribution < 1.29 is 13.9 Å². The van der Waals surface area contributed by atoms with E-state index in [1.807, 2.05) is 39.0 Å². The molecule has 0 fully saturated rings. The number of thiazole rings is 1. The Morgan fingerprint density at radius 2 is 1.90 bits per heavy atom. The largest absolute Gasteiger partial charge is 0.492 e. The summed E-state index contributed by atoms with van der Waals surface area (Å²) in [5, 5.41) is 0.683. The third-order valence-electron chi connectivity index (χ3n) is 4.95. The minimum Gasteiger partial charge on any atom is -0.492 e. The number of carbonyl (C=O) groups excluding carboxylic acids is 1. The lowest BCUT2D eigenvalue weighted by atomic mass is 10.2. The van der Waals surface area contributed by atoms with E-state index in [-0.39, 0.29) is 18.3 Å². The number of halogens is 1. The lowest BCUT2D eigenvalue weighted by Gasteiger charge is -2.24. The monoisotopic (exact) mass is 451 g/mol. The van der Waals surface area contributed by atoms with Crippen LogP contribution in [0.4, 0.5) is 5.13 Å². The second kappa shape index (κ2) is 10.8. The van der Waals surface area contributed by atoms with Gasteiger partial charge in [-0.1, -0.05) is 31.3 Å². The van der Waals surface area contributed by atoms with Crippen LogP contribution in [0.3, 0.4) is 0 Å². The number of aromatic nitrogens is 1. The van der Waals surface area contributed by atoms with E-state index >= 15 is 0 Å². The number of furan rings is 1. The van der Waals surface area contributed by atoms with Gasteiger partial charge in [-0.15, -0.1) is 12.4 Å². The Bertz CT molecular complexity index is 981. The Hall–Kier alpha value is -2.09. The average molecular weight is 452 g/mol. The van der Waals surface area contributed by atoms with Crippen LogP contribution >= 0.6 is 23.7 Å². The van der Waals surface area contributed by atoms with Gasteiger partial charge in [-0.2, -0.15) is 0 Å².